The molecule has 0 radical (unpaired) electrons. The van der Waals surface area contributed by atoms with E-state index in [0.29, 0.717) is 23.0 Å². The van der Waals surface area contributed by atoms with Crippen molar-refractivity contribution in [1.29, 1.82) is 0 Å². The Morgan fingerprint density at radius 3 is 2.96 bits per heavy atom. The Bertz CT molecular complexity index is 842. The predicted octanol–water partition coefficient (Wildman–Crippen LogP) is 4.66. The monoisotopic (exact) mass is 332 g/mol. The molecule has 23 heavy (non-hydrogen) atoms. The Hall–Kier alpha value is -2.40. The molecule has 1 aromatic carbocycles. The molecule has 118 valence electrons. The zero-order chi connectivity index (χ0) is 16.4. The smallest absolute Gasteiger partial charge is 0.339 e. The molecule has 0 saturated heterocycles. The van der Waals surface area contributed by atoms with Gasteiger partial charge in [0.1, 0.15) is 17.6 Å². The van der Waals surface area contributed by atoms with E-state index < -0.39 is 17.9 Å². The molecule has 3 rings (SSSR count). The van der Waals surface area contributed by atoms with E-state index in [9.17, 15) is 9.18 Å². The standard InChI is InChI=1S/C17H14ClFN2O2/c1-2-14(15-12(18)4-3-5-13(15)19)23-17(22)11-7-9-21-16-10(11)6-8-20-16/h3-9,14H,2H2,1H3,(H,20,21). The van der Waals surface area contributed by atoms with Crippen LogP contribution in [-0.2, 0) is 4.74 Å². The summed E-state index contributed by atoms with van der Waals surface area (Å²) in [5.41, 5.74) is 1.17. The molecule has 0 aliphatic carbocycles. The number of halogens is 2. The van der Waals surface area contributed by atoms with Gasteiger partial charge in [0, 0.05) is 23.3 Å². The number of fused-ring (bicyclic) bond motifs is 1. The summed E-state index contributed by atoms with van der Waals surface area (Å²) in [5, 5.41) is 0.901. The van der Waals surface area contributed by atoms with Crippen LogP contribution >= 0.6 is 11.6 Å². The molecule has 2 aromatic heterocycles. The summed E-state index contributed by atoms with van der Waals surface area (Å²) in [6.07, 6.45) is 2.87. The van der Waals surface area contributed by atoms with Crippen LogP contribution in [0.1, 0.15) is 35.4 Å². The summed E-state index contributed by atoms with van der Waals surface area (Å²) in [7, 11) is 0. The number of rotatable bonds is 4. The molecule has 1 atom stereocenters. The van der Waals surface area contributed by atoms with Crippen molar-refractivity contribution in [2.75, 3.05) is 0 Å². The van der Waals surface area contributed by atoms with Gasteiger partial charge in [-0.1, -0.05) is 24.6 Å². The number of H-pyrrole nitrogens is 1. The maximum Gasteiger partial charge on any atom is 0.339 e. The topological polar surface area (TPSA) is 55.0 Å². The second-order valence-electron chi connectivity index (χ2n) is 5.04. The fraction of sp³-hybridized carbons (Fsp3) is 0.176. The highest BCUT2D eigenvalue weighted by atomic mass is 35.5. The van der Waals surface area contributed by atoms with Crippen molar-refractivity contribution in [2.45, 2.75) is 19.4 Å². The van der Waals surface area contributed by atoms with E-state index in [4.69, 9.17) is 16.3 Å². The molecule has 1 N–H and O–H groups in total. The highest BCUT2D eigenvalue weighted by molar-refractivity contribution is 6.31. The number of hydrogen-bond donors (Lipinski definition) is 1. The molecule has 6 heteroatoms. The van der Waals surface area contributed by atoms with Crippen molar-refractivity contribution in [3.05, 3.63) is 64.7 Å². The van der Waals surface area contributed by atoms with Crippen LogP contribution in [0.15, 0.2) is 42.7 Å². The summed E-state index contributed by atoms with van der Waals surface area (Å²) in [6, 6.07) is 7.72. The van der Waals surface area contributed by atoms with Crippen LogP contribution in [0.3, 0.4) is 0 Å². The van der Waals surface area contributed by atoms with Crippen molar-refractivity contribution >= 4 is 28.6 Å². The van der Waals surface area contributed by atoms with E-state index in [2.05, 4.69) is 9.97 Å². The van der Waals surface area contributed by atoms with E-state index in [1.807, 2.05) is 0 Å². The average molecular weight is 333 g/mol. The van der Waals surface area contributed by atoms with Gasteiger partial charge in [0.15, 0.2) is 0 Å². The van der Waals surface area contributed by atoms with Crippen LogP contribution in [0.4, 0.5) is 4.39 Å². The van der Waals surface area contributed by atoms with Gasteiger partial charge >= 0.3 is 5.97 Å². The molecule has 1 unspecified atom stereocenters. The van der Waals surface area contributed by atoms with Gasteiger partial charge in [-0.05, 0) is 30.7 Å². The Labute approximate surface area is 137 Å². The molecule has 0 fully saturated rings. The summed E-state index contributed by atoms with van der Waals surface area (Å²) < 4.78 is 19.6. The summed E-state index contributed by atoms with van der Waals surface area (Å²) >= 11 is 6.06. The van der Waals surface area contributed by atoms with Crippen LogP contribution in [-0.4, -0.2) is 15.9 Å². The van der Waals surface area contributed by atoms with Gasteiger partial charge in [-0.3, -0.25) is 0 Å². The number of nitrogens with zero attached hydrogens (tertiary/aromatic N) is 1. The fourth-order valence-electron chi connectivity index (χ4n) is 2.50. The molecular weight excluding hydrogens is 319 g/mol. The quantitative estimate of drug-likeness (QED) is 0.707. The minimum absolute atomic E-state index is 0.199. The van der Waals surface area contributed by atoms with Crippen LogP contribution in [0, 0.1) is 5.82 Å². The predicted molar refractivity (Wildman–Crippen MR) is 86.0 cm³/mol. The van der Waals surface area contributed by atoms with Gasteiger partial charge in [-0.25, -0.2) is 14.2 Å². The molecule has 0 spiro atoms. The van der Waals surface area contributed by atoms with Gasteiger partial charge in [-0.2, -0.15) is 0 Å². The minimum atomic E-state index is -0.752. The molecule has 3 aromatic rings. The average Bonchev–Trinajstić information content (AvgIpc) is 3.01. The maximum atomic E-state index is 14.1. The van der Waals surface area contributed by atoms with Crippen LogP contribution in [0.5, 0.6) is 0 Å². The van der Waals surface area contributed by atoms with Crippen molar-refractivity contribution in [1.82, 2.24) is 9.97 Å². The van der Waals surface area contributed by atoms with Gasteiger partial charge in [0.25, 0.3) is 0 Å². The first-order valence-corrected chi connectivity index (χ1v) is 7.56. The second-order valence-corrected chi connectivity index (χ2v) is 5.44. The van der Waals surface area contributed by atoms with Gasteiger partial charge in [0.05, 0.1) is 10.6 Å². The number of pyridine rings is 1. The molecular formula is C17H14ClFN2O2. The third kappa shape index (κ3) is 2.92. The molecule has 2 heterocycles. The number of aromatic amines is 1. The van der Waals surface area contributed by atoms with Gasteiger partial charge in [0.2, 0.25) is 0 Å². The van der Waals surface area contributed by atoms with Crippen molar-refractivity contribution in [3.8, 4) is 0 Å². The lowest BCUT2D eigenvalue weighted by Gasteiger charge is -2.18. The number of carbonyl (C=O) groups excluding carboxylic acids is 1. The first-order valence-electron chi connectivity index (χ1n) is 7.18. The number of benzene rings is 1. The minimum Gasteiger partial charge on any atom is -0.454 e. The Balaban J connectivity index is 1.93. The SMILES string of the molecule is CCC(OC(=O)c1ccnc2[nH]ccc12)c1c(F)cccc1Cl. The fourth-order valence-corrected chi connectivity index (χ4v) is 2.78. The first-order chi connectivity index (χ1) is 11.1. The normalized spacial score (nSPS) is 12.3. The van der Waals surface area contributed by atoms with Crippen molar-refractivity contribution < 1.29 is 13.9 Å². The zero-order valence-electron chi connectivity index (χ0n) is 12.3. The number of carbonyl (C=O) groups is 1. The Kier molecular flexibility index (Phi) is 4.30. The summed E-state index contributed by atoms with van der Waals surface area (Å²) in [6.45, 7) is 1.80. The van der Waals surface area contributed by atoms with E-state index in [-0.39, 0.29) is 10.6 Å². The highest BCUT2D eigenvalue weighted by Gasteiger charge is 2.23. The van der Waals surface area contributed by atoms with Gasteiger partial charge in [-0.15, -0.1) is 0 Å². The number of ether oxygens (including phenoxy) is 1. The lowest BCUT2D eigenvalue weighted by Crippen LogP contribution is -2.13. The highest BCUT2D eigenvalue weighted by Crippen LogP contribution is 2.31. The van der Waals surface area contributed by atoms with E-state index >= 15 is 0 Å². The van der Waals surface area contributed by atoms with E-state index in [0.717, 1.165) is 0 Å². The molecule has 0 aliphatic heterocycles. The largest absolute Gasteiger partial charge is 0.454 e. The molecule has 0 saturated carbocycles. The number of hydrogen-bond acceptors (Lipinski definition) is 3. The number of nitrogens with one attached hydrogen (secondary N) is 1. The van der Waals surface area contributed by atoms with Crippen LogP contribution in [0.2, 0.25) is 5.02 Å². The Morgan fingerprint density at radius 2 is 2.22 bits per heavy atom. The van der Waals surface area contributed by atoms with E-state index in [1.54, 1.807) is 31.3 Å². The zero-order valence-corrected chi connectivity index (χ0v) is 13.1. The summed E-state index contributed by atoms with van der Waals surface area (Å²) in [5.74, 6) is -1.03. The van der Waals surface area contributed by atoms with Crippen LogP contribution < -0.4 is 0 Å². The lowest BCUT2D eigenvalue weighted by atomic mass is 10.1. The number of aromatic nitrogens is 2. The molecule has 0 bridgehead atoms. The lowest BCUT2D eigenvalue weighted by molar-refractivity contribution is 0.0283. The van der Waals surface area contributed by atoms with E-state index in [1.165, 1.54) is 18.3 Å². The number of esters is 1. The molecule has 0 amide bonds. The Morgan fingerprint density at radius 1 is 1.39 bits per heavy atom. The molecule has 0 aliphatic rings. The maximum absolute atomic E-state index is 14.1. The summed E-state index contributed by atoms with van der Waals surface area (Å²) in [4.78, 5) is 19.5. The van der Waals surface area contributed by atoms with Crippen molar-refractivity contribution in [3.63, 3.8) is 0 Å². The second kappa shape index (κ2) is 6.38. The third-order valence-corrected chi connectivity index (χ3v) is 3.95. The van der Waals surface area contributed by atoms with Gasteiger partial charge < -0.3 is 9.72 Å². The first kappa shape index (κ1) is 15.5. The van der Waals surface area contributed by atoms with Crippen molar-refractivity contribution in [2.24, 2.45) is 0 Å². The molecule has 4 nitrogen and oxygen atoms in total. The third-order valence-electron chi connectivity index (χ3n) is 3.62. The van der Waals surface area contributed by atoms with Crippen LogP contribution in [0.25, 0.3) is 11.0 Å².